The molecule has 0 spiro atoms. The molecule has 2 atom stereocenters. The van der Waals surface area contributed by atoms with E-state index in [0.717, 1.165) is 16.9 Å². The molecule has 202 valence electrons. The maximum absolute atomic E-state index is 13.5. The number of aromatic nitrogens is 3. The van der Waals surface area contributed by atoms with Crippen LogP contribution < -0.4 is 10.6 Å². The second-order valence-electron chi connectivity index (χ2n) is 9.52. The number of carbonyl (C=O) groups excluding carboxylic acids is 2. The molecule has 1 aliphatic rings. The number of hydrogen-bond donors (Lipinski definition) is 3. The molecule has 0 radical (unpaired) electrons. The Hall–Kier alpha value is -4.15. The molecule has 39 heavy (non-hydrogen) atoms. The highest BCUT2D eigenvalue weighted by atomic mass is 35.5. The van der Waals surface area contributed by atoms with Crippen LogP contribution in [0.2, 0.25) is 5.02 Å². The van der Waals surface area contributed by atoms with E-state index in [1.165, 1.54) is 4.90 Å². The fourth-order valence-electron chi connectivity index (χ4n) is 4.65. The molecular weight excluding hydrogens is 520 g/mol. The lowest BCUT2D eigenvalue weighted by Crippen LogP contribution is -2.51. The molecule has 10 nitrogen and oxygen atoms in total. The molecule has 0 fully saturated rings. The molecule has 3 N–H and O–H groups in total. The molecule has 0 unspecified atom stereocenters. The summed E-state index contributed by atoms with van der Waals surface area (Å²) in [5.41, 5.74) is 2.82. The lowest BCUT2D eigenvalue weighted by atomic mass is 10.0. The van der Waals surface area contributed by atoms with Crippen molar-refractivity contribution in [3.8, 4) is 11.3 Å². The van der Waals surface area contributed by atoms with E-state index in [0.29, 0.717) is 46.5 Å². The van der Waals surface area contributed by atoms with Crippen molar-refractivity contribution < 1.29 is 19.1 Å². The van der Waals surface area contributed by atoms with Gasteiger partial charge < -0.3 is 25.1 Å². The van der Waals surface area contributed by atoms with Gasteiger partial charge in [0.1, 0.15) is 29.2 Å². The van der Waals surface area contributed by atoms with Crippen molar-refractivity contribution >= 4 is 35.1 Å². The van der Waals surface area contributed by atoms with E-state index in [-0.39, 0.29) is 18.4 Å². The zero-order valence-corrected chi connectivity index (χ0v) is 22.6. The number of aliphatic hydroxyl groups excluding tert-OH is 1. The largest absolute Gasteiger partial charge is 0.460 e. The van der Waals surface area contributed by atoms with Crippen LogP contribution >= 0.6 is 11.6 Å². The van der Waals surface area contributed by atoms with Gasteiger partial charge in [0, 0.05) is 42.9 Å². The van der Waals surface area contributed by atoms with Crippen molar-refractivity contribution in [2.45, 2.75) is 32.4 Å². The van der Waals surface area contributed by atoms with E-state index in [9.17, 15) is 14.7 Å². The molecule has 2 amide bonds. The van der Waals surface area contributed by atoms with Crippen molar-refractivity contribution in [3.63, 3.8) is 0 Å². The highest BCUT2D eigenvalue weighted by molar-refractivity contribution is 6.30. The fourth-order valence-corrected chi connectivity index (χ4v) is 4.85. The summed E-state index contributed by atoms with van der Waals surface area (Å²) in [6, 6.07) is 11.0. The maximum Gasteiger partial charge on any atom is 0.258 e. The van der Waals surface area contributed by atoms with Crippen LogP contribution in [0.1, 0.15) is 40.2 Å². The van der Waals surface area contributed by atoms with Crippen molar-refractivity contribution in [2.24, 2.45) is 7.05 Å². The van der Waals surface area contributed by atoms with E-state index in [1.54, 1.807) is 54.3 Å². The second-order valence-corrected chi connectivity index (χ2v) is 9.96. The number of nitrogens with one attached hydrogen (secondary N) is 2. The summed E-state index contributed by atoms with van der Waals surface area (Å²) < 4.78 is 7.83. The number of pyridine rings is 1. The number of furan rings is 1. The van der Waals surface area contributed by atoms with Gasteiger partial charge in [-0.15, -0.1) is 0 Å². The zero-order valence-electron chi connectivity index (χ0n) is 21.8. The van der Waals surface area contributed by atoms with Crippen molar-refractivity contribution in [2.75, 3.05) is 18.5 Å². The van der Waals surface area contributed by atoms with Gasteiger partial charge in [-0.1, -0.05) is 23.7 Å². The molecule has 5 rings (SSSR count). The van der Waals surface area contributed by atoms with Gasteiger partial charge in [0.05, 0.1) is 24.4 Å². The first kappa shape index (κ1) is 26.5. The van der Waals surface area contributed by atoms with E-state index >= 15 is 0 Å². The zero-order chi connectivity index (χ0) is 27.7. The minimum absolute atomic E-state index is 0.280. The van der Waals surface area contributed by atoms with Crippen LogP contribution in [0, 0.1) is 6.92 Å². The Morgan fingerprint density at radius 3 is 2.77 bits per heavy atom. The summed E-state index contributed by atoms with van der Waals surface area (Å²) in [4.78, 5) is 32.5. The topological polar surface area (TPSA) is 126 Å². The normalized spacial score (nSPS) is 14.6. The highest BCUT2D eigenvalue weighted by Crippen LogP contribution is 2.33. The van der Waals surface area contributed by atoms with Crippen LogP contribution in [-0.2, 0) is 18.3 Å². The van der Waals surface area contributed by atoms with Gasteiger partial charge in [0.25, 0.3) is 5.91 Å². The molecular formula is C28H29ClN6O4. The first-order chi connectivity index (χ1) is 18.7. The Balaban J connectivity index is 1.33. The Kier molecular flexibility index (Phi) is 7.40. The highest BCUT2D eigenvalue weighted by Gasteiger charge is 2.34. The molecule has 3 aromatic heterocycles. The van der Waals surface area contributed by atoms with E-state index in [2.05, 4.69) is 20.7 Å². The molecule has 0 bridgehead atoms. The van der Waals surface area contributed by atoms with Crippen molar-refractivity contribution in [1.82, 2.24) is 25.0 Å². The maximum atomic E-state index is 13.5. The molecule has 0 saturated carbocycles. The van der Waals surface area contributed by atoms with Crippen molar-refractivity contribution in [1.29, 1.82) is 0 Å². The standard InChI is InChI=1S/C28H29ClN6O4/c1-16-14-30-25(33-26-7-9-31-34(26)3)13-20(16)24-12-21-23(39-24)8-10-35(28(21)38)17(2)27(37)32-22(15-36)18-5-4-6-19(29)11-18/h4-7,9,11-14,17,22,36H,8,10,15H2,1-3H3,(H,30,33)(H,32,37)/t17-,22+/m0/s1. The quantitative estimate of drug-likeness (QED) is 0.304. The van der Waals surface area contributed by atoms with E-state index in [1.807, 2.05) is 26.1 Å². The first-order valence-corrected chi connectivity index (χ1v) is 13.0. The third-order valence-electron chi connectivity index (χ3n) is 6.92. The Bertz CT molecular complexity index is 1530. The molecule has 0 saturated heterocycles. The molecule has 1 aromatic carbocycles. The average Bonchev–Trinajstić information content (AvgIpc) is 3.54. The first-order valence-electron chi connectivity index (χ1n) is 12.6. The van der Waals surface area contributed by atoms with Gasteiger partial charge in [-0.2, -0.15) is 5.10 Å². The summed E-state index contributed by atoms with van der Waals surface area (Å²) >= 11 is 6.07. The molecule has 4 aromatic rings. The second kappa shape index (κ2) is 10.9. The third kappa shape index (κ3) is 5.39. The summed E-state index contributed by atoms with van der Waals surface area (Å²) in [7, 11) is 1.83. The Labute approximate surface area is 230 Å². The van der Waals surface area contributed by atoms with Crippen LogP contribution in [0.5, 0.6) is 0 Å². The number of anilines is 2. The average molecular weight is 549 g/mol. The van der Waals surface area contributed by atoms with Crippen LogP contribution in [0.3, 0.4) is 0 Å². The number of nitrogens with zero attached hydrogens (tertiary/aromatic N) is 4. The van der Waals surface area contributed by atoms with Gasteiger partial charge in [0.2, 0.25) is 5.91 Å². The number of aliphatic hydroxyl groups is 1. The van der Waals surface area contributed by atoms with Gasteiger partial charge in [-0.3, -0.25) is 14.3 Å². The number of amides is 2. The number of halogens is 1. The molecule has 4 heterocycles. The smallest absolute Gasteiger partial charge is 0.258 e. The van der Waals surface area contributed by atoms with Crippen LogP contribution in [0.15, 0.2) is 59.3 Å². The molecule has 1 aliphatic heterocycles. The fraction of sp³-hybridized carbons (Fsp3) is 0.286. The van der Waals surface area contributed by atoms with Gasteiger partial charge in [0.15, 0.2) is 0 Å². The molecule has 11 heteroatoms. The summed E-state index contributed by atoms with van der Waals surface area (Å²) in [5, 5.41) is 20.6. The number of benzene rings is 1. The van der Waals surface area contributed by atoms with Gasteiger partial charge in [-0.25, -0.2) is 4.98 Å². The lowest BCUT2D eigenvalue weighted by molar-refractivity contribution is -0.126. The molecule has 0 aliphatic carbocycles. The SMILES string of the molecule is Cc1cnc(Nc2ccnn2C)cc1-c1cc2c(o1)CCN([C@@H](C)C(=O)N[C@H](CO)c1cccc(Cl)c1)C2=O. The third-order valence-corrected chi connectivity index (χ3v) is 7.16. The summed E-state index contributed by atoms with van der Waals surface area (Å²) in [5.74, 6) is 1.89. The minimum atomic E-state index is -0.755. The number of carbonyl (C=O) groups is 2. The van der Waals surface area contributed by atoms with Crippen LogP contribution in [0.4, 0.5) is 11.6 Å². The number of hydrogen-bond acceptors (Lipinski definition) is 7. The van der Waals surface area contributed by atoms with Crippen molar-refractivity contribution in [3.05, 3.63) is 82.3 Å². The number of rotatable bonds is 8. The minimum Gasteiger partial charge on any atom is -0.460 e. The Morgan fingerprint density at radius 1 is 1.23 bits per heavy atom. The summed E-state index contributed by atoms with van der Waals surface area (Å²) in [6.07, 6.45) is 3.91. The van der Waals surface area contributed by atoms with Crippen LogP contribution in [0.25, 0.3) is 11.3 Å². The van der Waals surface area contributed by atoms with Gasteiger partial charge >= 0.3 is 0 Å². The predicted octanol–water partition coefficient (Wildman–Crippen LogP) is 4.02. The Morgan fingerprint density at radius 2 is 2.05 bits per heavy atom. The van der Waals surface area contributed by atoms with E-state index in [4.69, 9.17) is 16.0 Å². The number of aryl methyl sites for hydroxylation is 2. The van der Waals surface area contributed by atoms with Gasteiger partial charge in [-0.05, 0) is 49.2 Å². The lowest BCUT2D eigenvalue weighted by Gasteiger charge is -2.32. The van der Waals surface area contributed by atoms with Crippen LogP contribution in [-0.4, -0.2) is 55.8 Å². The number of fused-ring (bicyclic) bond motifs is 1. The summed E-state index contributed by atoms with van der Waals surface area (Å²) in [6.45, 7) is 3.63. The van der Waals surface area contributed by atoms with E-state index < -0.39 is 12.1 Å². The predicted molar refractivity (Wildman–Crippen MR) is 147 cm³/mol. The monoisotopic (exact) mass is 548 g/mol.